The molecule has 0 spiro atoms. The van der Waals surface area contributed by atoms with Gasteiger partial charge >= 0.3 is 0 Å². The van der Waals surface area contributed by atoms with Gasteiger partial charge in [-0.15, -0.1) is 0 Å². The van der Waals surface area contributed by atoms with E-state index in [-0.39, 0.29) is 34.5 Å². The van der Waals surface area contributed by atoms with Gasteiger partial charge in [-0.25, -0.2) is 13.4 Å². The van der Waals surface area contributed by atoms with Crippen LogP contribution in [0, 0.1) is 11.8 Å². The zero-order valence-electron chi connectivity index (χ0n) is 18.5. The third-order valence-corrected chi connectivity index (χ3v) is 6.89. The molecule has 2 atom stereocenters. The maximum atomic E-state index is 13.3. The third-order valence-electron chi connectivity index (χ3n) is 5.50. The number of nitrogens with zero attached hydrogens (tertiary/aromatic N) is 2. The van der Waals surface area contributed by atoms with E-state index >= 15 is 0 Å². The maximum absolute atomic E-state index is 13.3. The summed E-state index contributed by atoms with van der Waals surface area (Å²) in [5.41, 5.74) is 2.21. The molecule has 0 saturated carbocycles. The topological polar surface area (TPSA) is 116 Å². The Kier molecular flexibility index (Phi) is 5.77. The van der Waals surface area contributed by atoms with E-state index in [1.807, 2.05) is 52.0 Å². The van der Waals surface area contributed by atoms with Crippen molar-refractivity contribution in [2.75, 3.05) is 0 Å². The van der Waals surface area contributed by atoms with Gasteiger partial charge in [0, 0.05) is 5.56 Å². The van der Waals surface area contributed by atoms with Crippen LogP contribution < -0.4 is 10.0 Å². The number of aromatic nitrogens is 2. The van der Waals surface area contributed by atoms with Gasteiger partial charge in [0.25, 0.3) is 10.0 Å². The molecule has 1 aliphatic rings. The molecule has 3 aromatic rings. The van der Waals surface area contributed by atoms with Gasteiger partial charge in [-0.3, -0.25) is 14.5 Å². The van der Waals surface area contributed by atoms with Crippen molar-refractivity contribution >= 4 is 32.8 Å². The molecule has 3 N–H and O–H groups in total. The van der Waals surface area contributed by atoms with Gasteiger partial charge in [-0.05, 0) is 36.1 Å². The van der Waals surface area contributed by atoms with E-state index in [2.05, 4.69) is 25.0 Å². The third kappa shape index (κ3) is 4.12. The van der Waals surface area contributed by atoms with Crippen molar-refractivity contribution in [1.82, 2.24) is 20.0 Å². The number of fused-ring (bicyclic) bond motifs is 2. The van der Waals surface area contributed by atoms with Crippen LogP contribution in [0.4, 0.5) is 0 Å². The van der Waals surface area contributed by atoms with Crippen LogP contribution in [0.3, 0.4) is 0 Å². The van der Waals surface area contributed by atoms with Gasteiger partial charge in [0.1, 0.15) is 17.7 Å². The molecular formula is C23H27N5O3S. The maximum Gasteiger partial charge on any atom is 0.263 e. The molecule has 168 valence electrons. The molecule has 2 aromatic carbocycles. The molecule has 0 fully saturated rings. The van der Waals surface area contributed by atoms with E-state index < -0.39 is 16.1 Å². The largest absolute Gasteiger partial charge is 0.344 e. The minimum Gasteiger partial charge on any atom is -0.344 e. The van der Waals surface area contributed by atoms with Crippen molar-refractivity contribution in [2.24, 2.45) is 16.8 Å². The minimum absolute atomic E-state index is 0.0747. The lowest BCUT2D eigenvalue weighted by atomic mass is 10.00. The summed E-state index contributed by atoms with van der Waals surface area (Å²) >= 11 is 0. The van der Waals surface area contributed by atoms with Crippen molar-refractivity contribution in [1.29, 1.82) is 0 Å². The molecule has 1 amide bonds. The number of amides is 1. The zero-order chi connectivity index (χ0) is 23.0. The van der Waals surface area contributed by atoms with Crippen LogP contribution in [-0.2, 0) is 14.8 Å². The van der Waals surface area contributed by atoms with Crippen molar-refractivity contribution in [3.63, 3.8) is 0 Å². The van der Waals surface area contributed by atoms with Crippen LogP contribution in [0.5, 0.6) is 0 Å². The number of para-hydroxylation sites is 2. The first-order valence-electron chi connectivity index (χ1n) is 10.6. The fourth-order valence-electron chi connectivity index (χ4n) is 3.79. The van der Waals surface area contributed by atoms with Crippen molar-refractivity contribution in [2.45, 2.75) is 44.7 Å². The van der Waals surface area contributed by atoms with E-state index in [0.29, 0.717) is 11.4 Å². The molecule has 0 radical (unpaired) electrons. The Labute approximate surface area is 187 Å². The van der Waals surface area contributed by atoms with Crippen LogP contribution in [0.1, 0.15) is 45.1 Å². The van der Waals surface area contributed by atoms with E-state index in [1.54, 1.807) is 18.2 Å². The number of hydrogen-bond donors (Lipinski definition) is 3. The Bertz CT molecular complexity index is 1260. The summed E-state index contributed by atoms with van der Waals surface area (Å²) in [5.74, 6) is 0.514. The highest BCUT2D eigenvalue weighted by molar-refractivity contribution is 7.90. The number of amidine groups is 1. The second kappa shape index (κ2) is 8.38. The molecular weight excluding hydrogens is 426 g/mol. The molecule has 4 rings (SSSR count). The van der Waals surface area contributed by atoms with Gasteiger partial charge in [-0.2, -0.15) is 0 Å². The minimum atomic E-state index is -3.67. The number of sulfonamides is 1. The number of aliphatic imine (C=N–C) groups is 1. The number of imidazole rings is 1. The van der Waals surface area contributed by atoms with Crippen molar-refractivity contribution in [3.05, 3.63) is 59.9 Å². The summed E-state index contributed by atoms with van der Waals surface area (Å²) in [6.07, 6.45) is 0. The summed E-state index contributed by atoms with van der Waals surface area (Å²) in [7, 11) is -3.67. The van der Waals surface area contributed by atoms with Crippen LogP contribution in [-0.4, -0.2) is 36.2 Å². The van der Waals surface area contributed by atoms with Gasteiger partial charge in [0.15, 0.2) is 0 Å². The Morgan fingerprint density at radius 1 is 1.00 bits per heavy atom. The van der Waals surface area contributed by atoms with E-state index in [4.69, 9.17) is 0 Å². The number of aromatic amines is 1. The highest BCUT2D eigenvalue weighted by atomic mass is 32.2. The molecule has 1 aliphatic heterocycles. The van der Waals surface area contributed by atoms with Crippen LogP contribution in [0.15, 0.2) is 58.4 Å². The lowest BCUT2D eigenvalue weighted by Gasteiger charge is -2.24. The molecule has 2 heterocycles. The van der Waals surface area contributed by atoms with E-state index in [9.17, 15) is 13.2 Å². The second-order valence-electron chi connectivity index (χ2n) is 8.64. The summed E-state index contributed by atoms with van der Waals surface area (Å²) in [6.45, 7) is 7.79. The average Bonchev–Trinajstić information content (AvgIpc) is 3.28. The molecule has 0 saturated heterocycles. The van der Waals surface area contributed by atoms with Gasteiger partial charge in [-0.1, -0.05) is 52.0 Å². The highest BCUT2D eigenvalue weighted by Crippen LogP contribution is 2.25. The van der Waals surface area contributed by atoms with Crippen LogP contribution in [0.25, 0.3) is 11.0 Å². The van der Waals surface area contributed by atoms with Crippen molar-refractivity contribution in [3.8, 4) is 0 Å². The summed E-state index contributed by atoms with van der Waals surface area (Å²) in [4.78, 5) is 26.0. The molecule has 8 nitrogen and oxygen atoms in total. The van der Waals surface area contributed by atoms with Crippen LogP contribution >= 0.6 is 0 Å². The molecule has 0 aliphatic carbocycles. The number of carbonyl (C=O) groups is 1. The highest BCUT2D eigenvalue weighted by Gasteiger charge is 2.33. The first kappa shape index (κ1) is 22.0. The Morgan fingerprint density at radius 3 is 2.38 bits per heavy atom. The fourth-order valence-corrected chi connectivity index (χ4v) is 5.03. The number of hydrogen-bond acceptors (Lipinski definition) is 5. The predicted molar refractivity (Wildman–Crippen MR) is 124 cm³/mol. The summed E-state index contributed by atoms with van der Waals surface area (Å²) < 4.78 is 27.3. The number of carbonyl (C=O) groups excluding carboxylic acids is 1. The number of rotatable bonds is 6. The molecule has 1 aromatic heterocycles. The van der Waals surface area contributed by atoms with Gasteiger partial charge in [0.2, 0.25) is 5.91 Å². The molecule has 0 bridgehead atoms. The quantitative estimate of drug-likeness (QED) is 0.532. The fraction of sp³-hybridized carbons (Fsp3) is 0.348. The normalized spacial score (nSPS) is 18.0. The molecule has 9 heteroatoms. The average molecular weight is 454 g/mol. The Morgan fingerprint density at radius 2 is 1.69 bits per heavy atom. The number of H-pyrrole nitrogens is 1. The van der Waals surface area contributed by atoms with Crippen LogP contribution in [0.2, 0.25) is 0 Å². The lowest BCUT2D eigenvalue weighted by Crippen LogP contribution is -2.42. The predicted octanol–water partition coefficient (Wildman–Crippen LogP) is 3.14. The monoisotopic (exact) mass is 453 g/mol. The Balaban J connectivity index is 1.64. The first-order chi connectivity index (χ1) is 15.2. The van der Waals surface area contributed by atoms with Crippen molar-refractivity contribution < 1.29 is 13.2 Å². The standard InChI is InChI=1S/C23H27N5O3S/c1-13(2)19(22-24-16-10-6-7-11-17(16)25-22)27-23(29)20(14(3)4)26-21-15-9-5-8-12-18(15)32(30,31)28-21/h5-14,19-20H,1-4H3,(H,24,25)(H,26,28)(H,27,29). The van der Waals surface area contributed by atoms with E-state index in [0.717, 1.165) is 11.0 Å². The second-order valence-corrected chi connectivity index (χ2v) is 10.3. The lowest BCUT2D eigenvalue weighted by molar-refractivity contribution is -0.124. The summed E-state index contributed by atoms with van der Waals surface area (Å²) in [6, 6.07) is 13.2. The molecule has 32 heavy (non-hydrogen) atoms. The number of nitrogens with one attached hydrogen (secondary N) is 3. The molecule has 2 unspecified atom stereocenters. The zero-order valence-corrected chi connectivity index (χ0v) is 19.3. The SMILES string of the molecule is CC(C)C(N=C1NS(=O)(=O)c2ccccc21)C(=O)NC(c1nc2ccccc2[nH]1)C(C)C. The smallest absolute Gasteiger partial charge is 0.263 e. The Hall–Kier alpha value is -3.20. The van der Waals surface area contributed by atoms with E-state index in [1.165, 1.54) is 6.07 Å². The first-order valence-corrected chi connectivity index (χ1v) is 12.1. The van der Waals surface area contributed by atoms with Gasteiger partial charge < -0.3 is 10.3 Å². The number of benzene rings is 2. The summed E-state index contributed by atoms with van der Waals surface area (Å²) in [5, 5.41) is 3.08. The van der Waals surface area contributed by atoms with Gasteiger partial charge in [0.05, 0.1) is 22.0 Å².